The van der Waals surface area contributed by atoms with Gasteiger partial charge in [0.2, 0.25) is 0 Å². The molecule has 1 rings (SSSR count). The number of nitrogens with zero attached hydrogens (tertiary/aromatic N) is 3. The van der Waals surface area contributed by atoms with Gasteiger partial charge in [-0.3, -0.25) is 13.7 Å². The third-order valence-corrected chi connectivity index (χ3v) is 3.59. The van der Waals surface area contributed by atoms with E-state index in [1.54, 1.807) is 14.0 Å². The van der Waals surface area contributed by atoms with E-state index in [1.165, 1.54) is 11.0 Å². The van der Waals surface area contributed by atoms with Crippen LogP contribution in [0.1, 0.15) is 19.2 Å². The van der Waals surface area contributed by atoms with Gasteiger partial charge in [-0.25, -0.2) is 4.98 Å². The highest BCUT2D eigenvalue weighted by Gasteiger charge is 2.16. The zero-order valence-corrected chi connectivity index (χ0v) is 9.40. The molecule has 7 heteroatoms. The lowest BCUT2D eigenvalue weighted by atomic mass is 10.3. The van der Waals surface area contributed by atoms with Gasteiger partial charge >= 0.3 is 5.97 Å². The minimum atomic E-state index is -1.23. The summed E-state index contributed by atoms with van der Waals surface area (Å²) in [5.74, 6) is -0.0929. The lowest BCUT2D eigenvalue weighted by Gasteiger charge is -2.07. The van der Waals surface area contributed by atoms with Gasteiger partial charge < -0.3 is 5.11 Å². The molecule has 0 aliphatic heterocycles. The molecule has 1 aromatic heterocycles. The summed E-state index contributed by atoms with van der Waals surface area (Å²) in [5.41, 5.74) is 0. The monoisotopic (exact) mass is 231 g/mol. The van der Waals surface area contributed by atoms with E-state index in [0.717, 1.165) is 0 Å². The molecule has 1 aromatic rings. The van der Waals surface area contributed by atoms with Crippen LogP contribution in [0.4, 0.5) is 0 Å². The number of carbonyl (C=O) groups is 1. The van der Waals surface area contributed by atoms with Gasteiger partial charge in [-0.1, -0.05) is 6.92 Å². The van der Waals surface area contributed by atoms with E-state index in [4.69, 9.17) is 5.11 Å². The Balaban J connectivity index is 2.56. The fourth-order valence-electron chi connectivity index (χ4n) is 1.06. The summed E-state index contributed by atoms with van der Waals surface area (Å²) < 4.78 is 13.2. The van der Waals surface area contributed by atoms with Crippen molar-refractivity contribution in [2.24, 2.45) is 7.05 Å². The summed E-state index contributed by atoms with van der Waals surface area (Å²) in [6, 6.07) is 0. The number of carboxylic acid groups (broad SMARTS) is 1. The van der Waals surface area contributed by atoms with Crippen molar-refractivity contribution in [2.45, 2.75) is 24.3 Å². The van der Waals surface area contributed by atoms with E-state index < -0.39 is 16.8 Å². The van der Waals surface area contributed by atoms with E-state index in [1.807, 2.05) is 0 Å². The summed E-state index contributed by atoms with van der Waals surface area (Å²) in [4.78, 5) is 14.3. The molecule has 0 spiro atoms. The largest absolute Gasteiger partial charge is 0.481 e. The fourth-order valence-corrected chi connectivity index (χ4v) is 2.19. The Morgan fingerprint density at radius 3 is 2.87 bits per heavy atom. The summed E-state index contributed by atoms with van der Waals surface area (Å²) in [6.07, 6.45) is 1.29. The minimum Gasteiger partial charge on any atom is -0.481 e. The number of hydrogen-bond acceptors (Lipinski definition) is 4. The maximum atomic E-state index is 11.7. The van der Waals surface area contributed by atoms with Gasteiger partial charge in [-0.15, -0.1) is 0 Å². The van der Waals surface area contributed by atoms with Crippen LogP contribution in [0.3, 0.4) is 0 Å². The molecule has 0 aliphatic rings. The standard InChI is InChI=1S/C8H13N3O3S/c1-6(3-8(12)13)15(14)4-7-9-5-10-11(7)2/h5-6H,3-4H2,1-2H3,(H,12,13). The normalized spacial score (nSPS) is 14.8. The highest BCUT2D eigenvalue weighted by Crippen LogP contribution is 2.07. The maximum absolute atomic E-state index is 11.7. The summed E-state index contributed by atoms with van der Waals surface area (Å²) >= 11 is 0. The zero-order valence-electron chi connectivity index (χ0n) is 8.58. The van der Waals surface area contributed by atoms with Crippen molar-refractivity contribution in [3.05, 3.63) is 12.2 Å². The smallest absolute Gasteiger partial charge is 0.304 e. The predicted octanol–water partition coefficient (Wildman–Crippen LogP) is -0.0730. The summed E-state index contributed by atoms with van der Waals surface area (Å²) in [7, 11) is 0.481. The molecule has 0 aliphatic carbocycles. The SMILES string of the molecule is CC(CC(=O)O)S(=O)Cc1ncnn1C. The average Bonchev–Trinajstić information content (AvgIpc) is 2.50. The summed E-state index contributed by atoms with van der Waals surface area (Å²) in [6.45, 7) is 1.65. The van der Waals surface area contributed by atoms with Crippen LogP contribution in [0, 0.1) is 0 Å². The second-order valence-electron chi connectivity index (χ2n) is 3.23. The van der Waals surface area contributed by atoms with Crippen LogP contribution in [0.2, 0.25) is 0 Å². The number of aromatic nitrogens is 3. The number of aliphatic carboxylic acids is 1. The van der Waals surface area contributed by atoms with E-state index in [0.29, 0.717) is 5.82 Å². The fraction of sp³-hybridized carbons (Fsp3) is 0.625. The van der Waals surface area contributed by atoms with E-state index in [-0.39, 0.29) is 17.4 Å². The Kier molecular flexibility index (Phi) is 3.96. The van der Waals surface area contributed by atoms with Gasteiger partial charge in [-0.2, -0.15) is 5.10 Å². The molecule has 0 saturated heterocycles. The molecule has 0 radical (unpaired) electrons. The molecule has 84 valence electrons. The molecule has 0 aromatic carbocycles. The van der Waals surface area contributed by atoms with Crippen LogP contribution in [0.5, 0.6) is 0 Å². The average molecular weight is 231 g/mol. The topological polar surface area (TPSA) is 85.1 Å². The Labute approximate surface area is 89.8 Å². The molecule has 0 saturated carbocycles. The van der Waals surface area contributed by atoms with Crippen LogP contribution in [-0.2, 0) is 28.4 Å². The van der Waals surface area contributed by atoms with Crippen molar-refractivity contribution >= 4 is 16.8 Å². The number of rotatable bonds is 5. The molecular weight excluding hydrogens is 218 g/mol. The molecule has 0 fully saturated rings. The van der Waals surface area contributed by atoms with Crippen molar-refractivity contribution in [1.29, 1.82) is 0 Å². The number of aryl methyl sites for hydroxylation is 1. The van der Waals surface area contributed by atoms with E-state index >= 15 is 0 Å². The van der Waals surface area contributed by atoms with Crippen molar-refractivity contribution in [1.82, 2.24) is 14.8 Å². The van der Waals surface area contributed by atoms with Gasteiger partial charge in [0.25, 0.3) is 0 Å². The maximum Gasteiger partial charge on any atom is 0.304 e. The Hall–Kier alpha value is -1.24. The molecule has 15 heavy (non-hydrogen) atoms. The first-order chi connectivity index (χ1) is 7.00. The Bertz CT molecular complexity index is 377. The van der Waals surface area contributed by atoms with Crippen molar-refractivity contribution in [2.75, 3.05) is 0 Å². The molecule has 1 N–H and O–H groups in total. The zero-order chi connectivity index (χ0) is 11.4. The van der Waals surface area contributed by atoms with Gasteiger partial charge in [0.1, 0.15) is 12.2 Å². The van der Waals surface area contributed by atoms with Gasteiger partial charge in [0.05, 0.1) is 12.2 Å². The molecule has 0 amide bonds. The predicted molar refractivity (Wildman–Crippen MR) is 54.6 cm³/mol. The van der Waals surface area contributed by atoms with Crippen molar-refractivity contribution < 1.29 is 14.1 Å². The van der Waals surface area contributed by atoms with Crippen LogP contribution in [-0.4, -0.2) is 35.3 Å². The van der Waals surface area contributed by atoms with Crippen LogP contribution >= 0.6 is 0 Å². The molecule has 0 bridgehead atoms. The second kappa shape index (κ2) is 5.01. The Morgan fingerprint density at radius 2 is 2.40 bits per heavy atom. The third-order valence-electron chi connectivity index (χ3n) is 1.99. The molecule has 2 atom stereocenters. The first-order valence-corrected chi connectivity index (χ1v) is 5.80. The molecular formula is C8H13N3O3S. The third kappa shape index (κ3) is 3.43. The van der Waals surface area contributed by atoms with Crippen LogP contribution in [0.15, 0.2) is 6.33 Å². The molecule has 6 nitrogen and oxygen atoms in total. The van der Waals surface area contributed by atoms with Crippen molar-refractivity contribution in [3.63, 3.8) is 0 Å². The lowest BCUT2D eigenvalue weighted by molar-refractivity contribution is -0.136. The van der Waals surface area contributed by atoms with Crippen molar-refractivity contribution in [3.8, 4) is 0 Å². The summed E-state index contributed by atoms with van der Waals surface area (Å²) in [5, 5.41) is 12.0. The molecule has 2 unspecified atom stereocenters. The molecule has 1 heterocycles. The van der Waals surface area contributed by atoms with Crippen LogP contribution in [0.25, 0.3) is 0 Å². The van der Waals surface area contributed by atoms with Gasteiger partial charge in [0, 0.05) is 23.1 Å². The van der Waals surface area contributed by atoms with Gasteiger partial charge in [0.15, 0.2) is 0 Å². The quantitative estimate of drug-likeness (QED) is 0.766. The number of hydrogen-bond donors (Lipinski definition) is 1. The van der Waals surface area contributed by atoms with Gasteiger partial charge in [-0.05, 0) is 0 Å². The van der Waals surface area contributed by atoms with E-state index in [2.05, 4.69) is 10.1 Å². The minimum absolute atomic E-state index is 0.0928. The number of carboxylic acids is 1. The Morgan fingerprint density at radius 1 is 1.73 bits per heavy atom. The second-order valence-corrected chi connectivity index (χ2v) is 5.09. The highest BCUT2D eigenvalue weighted by atomic mass is 32.2. The first kappa shape index (κ1) is 11.8. The first-order valence-electron chi connectivity index (χ1n) is 4.42. The lowest BCUT2D eigenvalue weighted by Crippen LogP contribution is -2.18. The van der Waals surface area contributed by atoms with E-state index in [9.17, 15) is 9.00 Å². The highest BCUT2D eigenvalue weighted by molar-refractivity contribution is 7.84. The van der Waals surface area contributed by atoms with Crippen LogP contribution < -0.4 is 0 Å².